The number of nitriles is 1. The smallest absolute Gasteiger partial charge is 0.257 e. The number of carbonyl (C=O) groups excluding carboxylic acids is 1. The number of carbonyl (C=O) groups is 1. The quantitative estimate of drug-likeness (QED) is 0.621. The maximum absolute atomic E-state index is 11.1. The van der Waals surface area contributed by atoms with Gasteiger partial charge in [0.05, 0.1) is 18.2 Å². The first-order chi connectivity index (χ1) is 6.61. The number of benzene rings is 1. The standard InChI is InChI=1S/C9H5ClINO2/c1-14-7-3-2-6(11)5(4-12)8(7)9(10)13/h2-3H,1H3. The van der Waals surface area contributed by atoms with E-state index in [9.17, 15) is 4.79 Å². The number of rotatable bonds is 2. The van der Waals surface area contributed by atoms with Crippen LogP contribution in [0.2, 0.25) is 0 Å². The lowest BCUT2D eigenvalue weighted by molar-refractivity contribution is 0.107. The van der Waals surface area contributed by atoms with Crippen LogP contribution in [-0.2, 0) is 0 Å². The summed E-state index contributed by atoms with van der Waals surface area (Å²) in [5, 5.41) is 8.16. The minimum absolute atomic E-state index is 0.128. The summed E-state index contributed by atoms with van der Waals surface area (Å²) in [5.74, 6) is 0.321. The topological polar surface area (TPSA) is 50.1 Å². The van der Waals surface area contributed by atoms with Gasteiger partial charge < -0.3 is 4.74 Å². The minimum atomic E-state index is -0.683. The Balaban J connectivity index is 3.54. The maximum atomic E-state index is 11.1. The van der Waals surface area contributed by atoms with Crippen LogP contribution in [0.4, 0.5) is 0 Å². The van der Waals surface area contributed by atoms with Crippen molar-refractivity contribution in [1.29, 1.82) is 5.26 Å². The third-order valence-electron chi connectivity index (χ3n) is 1.64. The Bertz CT molecular complexity index is 426. The van der Waals surface area contributed by atoms with Gasteiger partial charge in [-0.15, -0.1) is 0 Å². The highest BCUT2D eigenvalue weighted by Crippen LogP contribution is 2.27. The number of halogens is 2. The molecule has 0 aliphatic rings. The zero-order valence-corrected chi connectivity index (χ0v) is 10.1. The molecule has 0 saturated heterocycles. The largest absolute Gasteiger partial charge is 0.496 e. The lowest BCUT2D eigenvalue weighted by Crippen LogP contribution is -2.01. The van der Waals surface area contributed by atoms with Crippen LogP contribution >= 0.6 is 34.2 Å². The van der Waals surface area contributed by atoms with Gasteiger partial charge >= 0.3 is 0 Å². The van der Waals surface area contributed by atoms with Gasteiger partial charge in [-0.25, -0.2) is 0 Å². The summed E-state index contributed by atoms with van der Waals surface area (Å²) in [5.41, 5.74) is 0.383. The van der Waals surface area contributed by atoms with E-state index in [-0.39, 0.29) is 11.1 Å². The molecule has 0 fully saturated rings. The van der Waals surface area contributed by atoms with Crippen LogP contribution in [0.1, 0.15) is 15.9 Å². The monoisotopic (exact) mass is 321 g/mol. The van der Waals surface area contributed by atoms with Crippen molar-refractivity contribution in [3.8, 4) is 11.8 Å². The van der Waals surface area contributed by atoms with Gasteiger partial charge in [0.2, 0.25) is 0 Å². The van der Waals surface area contributed by atoms with Gasteiger partial charge in [0.15, 0.2) is 0 Å². The number of nitrogens with zero attached hydrogens (tertiary/aromatic N) is 1. The first-order valence-corrected chi connectivity index (χ1v) is 5.04. The molecule has 0 spiro atoms. The Kier molecular flexibility index (Phi) is 3.72. The second-order valence-electron chi connectivity index (χ2n) is 2.39. The van der Waals surface area contributed by atoms with Crippen LogP contribution in [0.5, 0.6) is 5.75 Å². The Morgan fingerprint density at radius 1 is 1.64 bits per heavy atom. The summed E-state index contributed by atoms with van der Waals surface area (Å²) in [7, 11) is 1.42. The van der Waals surface area contributed by atoms with E-state index >= 15 is 0 Å². The highest BCUT2D eigenvalue weighted by molar-refractivity contribution is 14.1. The van der Waals surface area contributed by atoms with Crippen molar-refractivity contribution in [3.63, 3.8) is 0 Å². The van der Waals surface area contributed by atoms with Crippen molar-refractivity contribution >= 4 is 39.4 Å². The molecular weight excluding hydrogens is 316 g/mol. The average molecular weight is 322 g/mol. The molecule has 14 heavy (non-hydrogen) atoms. The lowest BCUT2D eigenvalue weighted by atomic mass is 10.1. The first-order valence-electron chi connectivity index (χ1n) is 3.58. The molecule has 1 aromatic carbocycles. The van der Waals surface area contributed by atoms with Gasteiger partial charge in [0, 0.05) is 3.57 Å². The van der Waals surface area contributed by atoms with Crippen LogP contribution in [0.15, 0.2) is 12.1 Å². The summed E-state index contributed by atoms with van der Waals surface area (Å²) in [6, 6.07) is 5.23. The maximum Gasteiger partial charge on any atom is 0.257 e. The van der Waals surface area contributed by atoms with E-state index in [0.29, 0.717) is 9.32 Å². The van der Waals surface area contributed by atoms with Crippen LogP contribution in [-0.4, -0.2) is 12.4 Å². The van der Waals surface area contributed by atoms with Crippen molar-refractivity contribution in [2.45, 2.75) is 0 Å². The molecule has 1 rings (SSSR count). The fraction of sp³-hybridized carbons (Fsp3) is 0.111. The molecule has 5 heteroatoms. The molecule has 1 aromatic rings. The highest BCUT2D eigenvalue weighted by atomic mass is 127. The van der Waals surface area contributed by atoms with Gasteiger partial charge in [-0.3, -0.25) is 4.79 Å². The van der Waals surface area contributed by atoms with Crippen LogP contribution < -0.4 is 4.74 Å². The fourth-order valence-electron chi connectivity index (χ4n) is 1.03. The van der Waals surface area contributed by atoms with E-state index in [2.05, 4.69) is 0 Å². The first kappa shape index (κ1) is 11.3. The van der Waals surface area contributed by atoms with Gasteiger partial charge in [-0.1, -0.05) is 0 Å². The predicted octanol–water partition coefficient (Wildman–Crippen LogP) is 2.55. The van der Waals surface area contributed by atoms with Gasteiger partial charge in [0.1, 0.15) is 11.8 Å². The van der Waals surface area contributed by atoms with Crippen LogP contribution in [0.25, 0.3) is 0 Å². The van der Waals surface area contributed by atoms with Gasteiger partial charge in [-0.05, 0) is 46.3 Å². The third-order valence-corrected chi connectivity index (χ3v) is 2.73. The minimum Gasteiger partial charge on any atom is -0.496 e. The zero-order valence-electron chi connectivity index (χ0n) is 7.17. The molecule has 72 valence electrons. The molecule has 0 atom stereocenters. The Morgan fingerprint density at radius 2 is 2.29 bits per heavy atom. The molecule has 0 aliphatic heterocycles. The summed E-state index contributed by atoms with van der Waals surface area (Å²) < 4.78 is 5.62. The fourth-order valence-corrected chi connectivity index (χ4v) is 1.79. The van der Waals surface area contributed by atoms with E-state index in [1.807, 2.05) is 28.7 Å². The Labute approximate surface area is 99.8 Å². The van der Waals surface area contributed by atoms with Crippen molar-refractivity contribution in [2.24, 2.45) is 0 Å². The van der Waals surface area contributed by atoms with E-state index in [1.54, 1.807) is 12.1 Å². The average Bonchev–Trinajstić information content (AvgIpc) is 2.17. The van der Waals surface area contributed by atoms with E-state index in [4.69, 9.17) is 21.6 Å². The van der Waals surface area contributed by atoms with Crippen molar-refractivity contribution in [1.82, 2.24) is 0 Å². The van der Waals surface area contributed by atoms with E-state index in [1.165, 1.54) is 7.11 Å². The molecule has 3 nitrogen and oxygen atoms in total. The molecule has 0 aliphatic carbocycles. The predicted molar refractivity (Wildman–Crippen MR) is 60.6 cm³/mol. The van der Waals surface area contributed by atoms with Gasteiger partial charge in [0.25, 0.3) is 5.24 Å². The SMILES string of the molecule is COc1ccc(I)c(C#N)c1C(=O)Cl. The number of methoxy groups -OCH3 is 1. The van der Waals surface area contributed by atoms with E-state index in [0.717, 1.165) is 0 Å². The Morgan fingerprint density at radius 3 is 2.71 bits per heavy atom. The zero-order chi connectivity index (χ0) is 10.7. The molecule has 0 N–H and O–H groups in total. The summed E-state index contributed by atoms with van der Waals surface area (Å²) in [6.07, 6.45) is 0. The molecule has 0 radical (unpaired) electrons. The number of hydrogen-bond donors (Lipinski definition) is 0. The van der Waals surface area contributed by atoms with Crippen molar-refractivity contribution in [2.75, 3.05) is 7.11 Å². The summed E-state index contributed by atoms with van der Waals surface area (Å²) in [4.78, 5) is 11.1. The second-order valence-corrected chi connectivity index (χ2v) is 3.89. The Hall–Kier alpha value is -0.800. The molecular formula is C9H5ClINO2. The number of ether oxygens (including phenoxy) is 1. The normalized spacial score (nSPS) is 9.29. The molecule has 0 heterocycles. The molecule has 0 saturated carbocycles. The highest BCUT2D eigenvalue weighted by Gasteiger charge is 2.17. The molecule has 0 aromatic heterocycles. The lowest BCUT2D eigenvalue weighted by Gasteiger charge is -2.07. The molecule has 0 unspecified atom stereocenters. The third kappa shape index (κ3) is 1.99. The van der Waals surface area contributed by atoms with Crippen molar-refractivity contribution in [3.05, 3.63) is 26.8 Å². The summed E-state index contributed by atoms with van der Waals surface area (Å²) >= 11 is 7.33. The van der Waals surface area contributed by atoms with Gasteiger partial charge in [-0.2, -0.15) is 5.26 Å². The van der Waals surface area contributed by atoms with Crippen LogP contribution in [0, 0.1) is 14.9 Å². The summed E-state index contributed by atoms with van der Waals surface area (Å²) in [6.45, 7) is 0. The second kappa shape index (κ2) is 4.62. The van der Waals surface area contributed by atoms with E-state index < -0.39 is 5.24 Å². The van der Waals surface area contributed by atoms with Crippen LogP contribution in [0.3, 0.4) is 0 Å². The number of hydrogen-bond acceptors (Lipinski definition) is 3. The molecule has 0 bridgehead atoms. The van der Waals surface area contributed by atoms with Crippen molar-refractivity contribution < 1.29 is 9.53 Å². The molecule has 0 amide bonds.